The van der Waals surface area contributed by atoms with Crippen molar-refractivity contribution in [1.29, 1.82) is 0 Å². The van der Waals surface area contributed by atoms with E-state index >= 15 is 0 Å². The predicted molar refractivity (Wildman–Crippen MR) is 81.3 cm³/mol. The number of nitrogens with zero attached hydrogens (tertiary/aromatic N) is 1. The number of aromatic nitrogens is 1. The van der Waals surface area contributed by atoms with Gasteiger partial charge in [-0.1, -0.05) is 24.2 Å². The third-order valence-electron chi connectivity index (χ3n) is 3.72. The Morgan fingerprint density at radius 1 is 1.45 bits per heavy atom. The van der Waals surface area contributed by atoms with Crippen molar-refractivity contribution in [3.8, 4) is 0 Å². The van der Waals surface area contributed by atoms with Gasteiger partial charge in [-0.3, -0.25) is 4.79 Å². The molecule has 0 spiro atoms. The smallest absolute Gasteiger partial charge is 0.263 e. The lowest BCUT2D eigenvalue weighted by atomic mass is 9.86. The minimum atomic E-state index is -0.274. The number of hydrogen-bond donors (Lipinski definition) is 3. The van der Waals surface area contributed by atoms with Gasteiger partial charge in [-0.15, -0.1) is 0 Å². The third-order valence-corrected chi connectivity index (χ3v) is 4.84. The fourth-order valence-electron chi connectivity index (χ4n) is 2.56. The summed E-state index contributed by atoms with van der Waals surface area (Å²) in [7, 11) is 0. The second-order valence-corrected chi connectivity index (χ2v) is 6.28. The average molecular weight is 297 g/mol. The molecule has 0 saturated heterocycles. The van der Waals surface area contributed by atoms with E-state index in [1.165, 1.54) is 11.3 Å². The highest BCUT2D eigenvalue weighted by atomic mass is 32.1. The highest BCUT2D eigenvalue weighted by molar-refractivity contribution is 7.17. The van der Waals surface area contributed by atoms with E-state index in [1.807, 2.05) is 13.8 Å². The van der Waals surface area contributed by atoms with Gasteiger partial charge in [-0.2, -0.15) is 0 Å². The molecule has 1 fully saturated rings. The minimum Gasteiger partial charge on any atom is -0.393 e. The van der Waals surface area contributed by atoms with Crippen molar-refractivity contribution in [1.82, 2.24) is 10.3 Å². The highest BCUT2D eigenvalue weighted by Gasteiger charge is 2.24. The summed E-state index contributed by atoms with van der Waals surface area (Å²) in [5.74, 6) is 0.107. The van der Waals surface area contributed by atoms with Gasteiger partial charge >= 0.3 is 0 Å². The first kappa shape index (κ1) is 15.3. The number of carbonyl (C=O) groups is 1. The van der Waals surface area contributed by atoms with Crippen LogP contribution in [-0.2, 0) is 0 Å². The zero-order chi connectivity index (χ0) is 14.5. The first-order chi connectivity index (χ1) is 9.61. The molecule has 1 heterocycles. The second-order valence-electron chi connectivity index (χ2n) is 5.29. The van der Waals surface area contributed by atoms with Crippen molar-refractivity contribution < 1.29 is 9.90 Å². The van der Waals surface area contributed by atoms with Crippen molar-refractivity contribution in [2.45, 2.75) is 45.6 Å². The van der Waals surface area contributed by atoms with Crippen LogP contribution in [0.3, 0.4) is 0 Å². The largest absolute Gasteiger partial charge is 0.393 e. The van der Waals surface area contributed by atoms with E-state index in [9.17, 15) is 9.90 Å². The van der Waals surface area contributed by atoms with Crippen LogP contribution in [-0.4, -0.2) is 35.2 Å². The zero-order valence-corrected chi connectivity index (χ0v) is 12.9. The van der Waals surface area contributed by atoms with Crippen LogP contribution in [0.4, 0.5) is 5.13 Å². The van der Waals surface area contributed by atoms with Crippen LogP contribution in [0, 0.1) is 12.8 Å². The van der Waals surface area contributed by atoms with Crippen molar-refractivity contribution in [2.24, 2.45) is 5.92 Å². The van der Waals surface area contributed by atoms with Crippen molar-refractivity contribution in [2.75, 3.05) is 18.4 Å². The SMILES string of the molecule is CCNc1nc(C)c(C(=O)NCC2CCCCC2O)s1. The van der Waals surface area contributed by atoms with Gasteiger partial charge in [0.2, 0.25) is 0 Å². The number of anilines is 1. The normalized spacial score (nSPS) is 22.6. The Balaban J connectivity index is 1.91. The minimum absolute atomic E-state index is 0.0815. The summed E-state index contributed by atoms with van der Waals surface area (Å²) in [6, 6.07) is 0. The number of amides is 1. The quantitative estimate of drug-likeness (QED) is 0.778. The molecule has 1 aliphatic carbocycles. The van der Waals surface area contributed by atoms with Gasteiger partial charge in [0.1, 0.15) is 4.88 Å². The van der Waals surface area contributed by atoms with Gasteiger partial charge < -0.3 is 15.7 Å². The lowest BCUT2D eigenvalue weighted by Crippen LogP contribution is -2.36. The summed E-state index contributed by atoms with van der Waals surface area (Å²) >= 11 is 1.38. The zero-order valence-electron chi connectivity index (χ0n) is 12.1. The Labute approximate surface area is 123 Å². The molecule has 0 radical (unpaired) electrons. The van der Waals surface area contributed by atoms with E-state index in [4.69, 9.17) is 0 Å². The maximum Gasteiger partial charge on any atom is 0.263 e. The molecule has 1 amide bonds. The van der Waals surface area contributed by atoms with Gasteiger partial charge in [0.05, 0.1) is 11.8 Å². The van der Waals surface area contributed by atoms with Crippen LogP contribution >= 0.6 is 11.3 Å². The summed E-state index contributed by atoms with van der Waals surface area (Å²) in [5, 5.41) is 16.8. The molecule has 1 aliphatic rings. The maximum absolute atomic E-state index is 12.2. The molecular formula is C14H23N3O2S. The Morgan fingerprint density at radius 2 is 2.20 bits per heavy atom. The van der Waals surface area contributed by atoms with Crippen molar-refractivity contribution in [3.63, 3.8) is 0 Å². The topological polar surface area (TPSA) is 74.2 Å². The van der Waals surface area contributed by atoms with Crippen LogP contribution in [0.1, 0.15) is 48.0 Å². The molecule has 1 saturated carbocycles. The number of carbonyl (C=O) groups excluding carboxylic acids is 1. The Hall–Kier alpha value is -1.14. The fraction of sp³-hybridized carbons (Fsp3) is 0.714. The molecule has 0 aromatic carbocycles. The summed E-state index contributed by atoms with van der Waals surface area (Å²) in [6.45, 7) is 5.19. The standard InChI is InChI=1S/C14H23N3O2S/c1-3-15-14-17-9(2)12(20-14)13(19)16-8-10-6-4-5-7-11(10)18/h10-11,18H,3-8H2,1-2H3,(H,15,17)(H,16,19). The number of hydrogen-bond acceptors (Lipinski definition) is 5. The summed E-state index contributed by atoms with van der Waals surface area (Å²) in [5.41, 5.74) is 0.757. The van der Waals surface area contributed by atoms with Gasteiger partial charge in [-0.05, 0) is 26.7 Å². The molecule has 112 valence electrons. The highest BCUT2D eigenvalue weighted by Crippen LogP contribution is 2.25. The monoisotopic (exact) mass is 297 g/mol. The number of nitrogens with one attached hydrogen (secondary N) is 2. The number of aliphatic hydroxyl groups is 1. The third kappa shape index (κ3) is 3.70. The Bertz CT molecular complexity index is 461. The van der Waals surface area contributed by atoms with Crippen LogP contribution in [0.2, 0.25) is 0 Å². The van der Waals surface area contributed by atoms with Gasteiger partial charge in [0.25, 0.3) is 5.91 Å². The molecular weight excluding hydrogens is 274 g/mol. The van der Waals surface area contributed by atoms with Crippen LogP contribution in [0.25, 0.3) is 0 Å². The van der Waals surface area contributed by atoms with E-state index in [-0.39, 0.29) is 17.9 Å². The molecule has 6 heteroatoms. The lowest BCUT2D eigenvalue weighted by Gasteiger charge is -2.27. The predicted octanol–water partition coefficient (Wildman–Crippen LogP) is 2.16. The summed E-state index contributed by atoms with van der Waals surface area (Å²) < 4.78 is 0. The number of rotatable bonds is 5. The average Bonchev–Trinajstić information content (AvgIpc) is 2.79. The Kier molecular flexibility index (Phi) is 5.37. The number of thiazole rings is 1. The maximum atomic E-state index is 12.2. The lowest BCUT2D eigenvalue weighted by molar-refractivity contribution is 0.0664. The van der Waals surface area contributed by atoms with Crippen molar-refractivity contribution >= 4 is 22.4 Å². The molecule has 2 atom stereocenters. The van der Waals surface area contributed by atoms with Gasteiger partial charge in [-0.25, -0.2) is 4.98 Å². The van der Waals surface area contributed by atoms with E-state index in [2.05, 4.69) is 15.6 Å². The molecule has 0 aliphatic heterocycles. The molecule has 20 heavy (non-hydrogen) atoms. The van der Waals surface area contributed by atoms with Gasteiger partial charge in [0, 0.05) is 19.0 Å². The molecule has 1 aromatic rings. The van der Waals surface area contributed by atoms with E-state index < -0.39 is 0 Å². The fourth-order valence-corrected chi connectivity index (χ4v) is 3.51. The van der Waals surface area contributed by atoms with Gasteiger partial charge in [0.15, 0.2) is 5.13 Å². The van der Waals surface area contributed by atoms with E-state index in [0.717, 1.165) is 43.1 Å². The molecule has 3 N–H and O–H groups in total. The molecule has 2 rings (SSSR count). The summed E-state index contributed by atoms with van der Waals surface area (Å²) in [4.78, 5) is 17.2. The van der Waals surface area contributed by atoms with Crippen LogP contribution < -0.4 is 10.6 Å². The first-order valence-electron chi connectivity index (χ1n) is 7.29. The number of aliphatic hydroxyl groups excluding tert-OH is 1. The Morgan fingerprint density at radius 3 is 2.90 bits per heavy atom. The molecule has 1 aromatic heterocycles. The molecule has 2 unspecified atom stereocenters. The van der Waals surface area contributed by atoms with E-state index in [0.29, 0.717) is 11.4 Å². The van der Waals surface area contributed by atoms with Crippen molar-refractivity contribution in [3.05, 3.63) is 10.6 Å². The van der Waals surface area contributed by atoms with Crippen LogP contribution in [0.5, 0.6) is 0 Å². The first-order valence-corrected chi connectivity index (χ1v) is 8.11. The second kappa shape index (κ2) is 7.04. The van der Waals surface area contributed by atoms with E-state index in [1.54, 1.807) is 0 Å². The van der Waals surface area contributed by atoms with Crippen LogP contribution in [0.15, 0.2) is 0 Å². The number of aryl methyl sites for hydroxylation is 1. The molecule has 0 bridgehead atoms. The summed E-state index contributed by atoms with van der Waals surface area (Å²) in [6.07, 6.45) is 3.80. The molecule has 5 nitrogen and oxygen atoms in total.